The Labute approximate surface area is 239 Å². The molecule has 4 aromatic rings. The third-order valence-electron chi connectivity index (χ3n) is 6.57. The lowest BCUT2D eigenvalue weighted by molar-refractivity contribution is -0.677. The number of aromatic nitrogens is 2. The molecule has 0 aliphatic carbocycles. The van der Waals surface area contributed by atoms with Crippen LogP contribution >= 0.6 is 22.7 Å². The molecular formula is C29H38N8S2+2. The van der Waals surface area contributed by atoms with Crippen LogP contribution in [0.1, 0.15) is 33.1 Å². The van der Waals surface area contributed by atoms with Crippen LogP contribution in [0.3, 0.4) is 0 Å². The zero-order valence-corrected chi connectivity index (χ0v) is 24.9. The summed E-state index contributed by atoms with van der Waals surface area (Å²) < 4.78 is 4.18. The Morgan fingerprint density at radius 1 is 0.590 bits per heavy atom. The van der Waals surface area contributed by atoms with Crippen molar-refractivity contribution in [2.24, 2.45) is 20.5 Å². The number of rotatable bonds is 14. The van der Waals surface area contributed by atoms with Gasteiger partial charge in [0.05, 0.1) is 23.3 Å². The van der Waals surface area contributed by atoms with Crippen molar-refractivity contribution in [1.82, 2.24) is 0 Å². The number of nitrogens with zero attached hydrogens (tertiary/aromatic N) is 8. The second-order valence-corrected chi connectivity index (χ2v) is 11.0. The summed E-state index contributed by atoms with van der Waals surface area (Å²) in [5, 5.41) is 23.5. The first kappa shape index (κ1) is 28.5. The van der Waals surface area contributed by atoms with Crippen LogP contribution < -0.4 is 18.9 Å². The van der Waals surface area contributed by atoms with Crippen molar-refractivity contribution in [3.05, 3.63) is 71.7 Å². The Balaban J connectivity index is 1.16. The molecule has 204 valence electrons. The third kappa shape index (κ3) is 8.24. The number of unbranched alkanes of at least 4 members (excludes halogenated alkanes) is 2. The van der Waals surface area contributed by atoms with Gasteiger partial charge in [0.1, 0.15) is 23.8 Å². The van der Waals surface area contributed by atoms with Gasteiger partial charge in [-0.05, 0) is 115 Å². The van der Waals surface area contributed by atoms with E-state index in [2.05, 4.69) is 91.6 Å². The SMILES string of the molecule is CC[n+]1ccsc1N=Nc1ccc(N(C)CCCCCN(C)c2ccc(N=Nc3scc[n+]3CC)cc2)cc1. The van der Waals surface area contributed by atoms with Gasteiger partial charge >= 0.3 is 10.3 Å². The molecule has 10 heteroatoms. The van der Waals surface area contributed by atoms with Crippen molar-refractivity contribution < 1.29 is 9.13 Å². The van der Waals surface area contributed by atoms with Crippen LogP contribution in [-0.2, 0) is 13.1 Å². The Kier molecular flexibility index (Phi) is 10.7. The van der Waals surface area contributed by atoms with E-state index in [1.807, 2.05) is 47.4 Å². The van der Waals surface area contributed by atoms with Gasteiger partial charge in [-0.15, -0.1) is 0 Å². The first-order chi connectivity index (χ1) is 19.1. The van der Waals surface area contributed by atoms with Crippen LogP contribution in [0, 0.1) is 0 Å². The van der Waals surface area contributed by atoms with Gasteiger partial charge in [-0.2, -0.15) is 0 Å². The van der Waals surface area contributed by atoms with Gasteiger partial charge in [-0.1, -0.05) is 0 Å². The van der Waals surface area contributed by atoms with E-state index >= 15 is 0 Å². The average molecular weight is 563 g/mol. The first-order valence-corrected chi connectivity index (χ1v) is 15.2. The van der Waals surface area contributed by atoms with Gasteiger partial charge in [0.15, 0.2) is 0 Å². The third-order valence-corrected chi connectivity index (χ3v) is 8.14. The molecule has 0 fully saturated rings. The number of hydrogen-bond acceptors (Lipinski definition) is 8. The van der Waals surface area contributed by atoms with Gasteiger partial charge in [0.25, 0.3) is 0 Å². The van der Waals surface area contributed by atoms with Gasteiger partial charge in [-0.3, -0.25) is 0 Å². The van der Waals surface area contributed by atoms with Crippen LogP contribution in [0.4, 0.5) is 33.0 Å². The standard InChI is InChI=1S/C29H38N8S2/c1-5-36-20-22-38-28(36)32-30-24-10-14-26(15-11-24)34(3)18-8-7-9-19-35(4)27-16-12-25(13-17-27)31-33-29-37(6-2)21-23-39-29/h10-17,20-23H,5-9,18-19H2,1-4H3/q+2. The molecule has 0 aliphatic heterocycles. The fourth-order valence-corrected chi connectivity index (χ4v) is 5.60. The molecule has 39 heavy (non-hydrogen) atoms. The molecule has 0 aliphatic rings. The van der Waals surface area contributed by atoms with Crippen LogP contribution in [0.25, 0.3) is 0 Å². The molecule has 2 heterocycles. The van der Waals surface area contributed by atoms with E-state index in [0.717, 1.165) is 60.7 Å². The van der Waals surface area contributed by atoms with Crippen LogP contribution in [-0.4, -0.2) is 27.2 Å². The van der Waals surface area contributed by atoms with Crippen molar-refractivity contribution >= 4 is 55.7 Å². The summed E-state index contributed by atoms with van der Waals surface area (Å²) in [4.78, 5) is 4.61. The second kappa shape index (κ2) is 14.6. The highest BCUT2D eigenvalue weighted by molar-refractivity contribution is 7.13. The van der Waals surface area contributed by atoms with Crippen LogP contribution in [0.2, 0.25) is 0 Å². The lowest BCUT2D eigenvalue weighted by Gasteiger charge is -2.21. The Hall–Kier alpha value is -3.50. The number of benzene rings is 2. The highest BCUT2D eigenvalue weighted by atomic mass is 32.1. The Morgan fingerprint density at radius 3 is 1.38 bits per heavy atom. The molecule has 0 saturated carbocycles. The van der Waals surface area contributed by atoms with E-state index in [0.29, 0.717) is 0 Å². The number of anilines is 2. The van der Waals surface area contributed by atoms with Gasteiger partial charge in [-0.25, -0.2) is 9.13 Å². The van der Waals surface area contributed by atoms with Crippen molar-refractivity contribution in [2.75, 3.05) is 37.0 Å². The maximum atomic E-state index is 4.40. The molecule has 0 spiro atoms. The molecule has 8 nitrogen and oxygen atoms in total. The largest absolute Gasteiger partial charge is 0.408 e. The molecule has 0 saturated heterocycles. The summed E-state index contributed by atoms with van der Waals surface area (Å²) in [5.41, 5.74) is 4.14. The molecule has 0 bridgehead atoms. The summed E-state index contributed by atoms with van der Waals surface area (Å²) in [6, 6.07) is 16.6. The summed E-state index contributed by atoms with van der Waals surface area (Å²) >= 11 is 3.20. The fourth-order valence-electron chi connectivity index (χ4n) is 4.12. The molecular weight excluding hydrogens is 525 g/mol. The normalized spacial score (nSPS) is 11.6. The topological polar surface area (TPSA) is 63.7 Å². The molecule has 4 rings (SSSR count). The monoisotopic (exact) mass is 562 g/mol. The first-order valence-electron chi connectivity index (χ1n) is 13.5. The number of hydrogen-bond donors (Lipinski definition) is 0. The quantitative estimate of drug-likeness (QED) is 0.0888. The Morgan fingerprint density at radius 2 is 1.00 bits per heavy atom. The molecule has 2 aromatic heterocycles. The summed E-state index contributed by atoms with van der Waals surface area (Å²) in [5.74, 6) is 0. The average Bonchev–Trinajstić information content (AvgIpc) is 3.64. The van der Waals surface area contributed by atoms with Crippen molar-refractivity contribution in [3.8, 4) is 0 Å². The minimum atomic E-state index is 0.870. The van der Waals surface area contributed by atoms with Gasteiger partial charge in [0, 0.05) is 49.3 Å². The van der Waals surface area contributed by atoms with E-state index in [9.17, 15) is 0 Å². The molecule has 2 aromatic carbocycles. The zero-order valence-electron chi connectivity index (χ0n) is 23.3. The number of azo groups is 2. The second-order valence-electron chi connectivity index (χ2n) is 9.28. The summed E-state index contributed by atoms with van der Waals surface area (Å²) in [6.07, 6.45) is 7.57. The van der Waals surface area contributed by atoms with Gasteiger partial charge < -0.3 is 9.80 Å². The van der Waals surface area contributed by atoms with Crippen molar-refractivity contribution in [3.63, 3.8) is 0 Å². The predicted molar refractivity (Wildman–Crippen MR) is 162 cm³/mol. The molecule has 0 N–H and O–H groups in total. The van der Waals surface area contributed by atoms with E-state index in [1.165, 1.54) is 17.8 Å². The summed E-state index contributed by atoms with van der Waals surface area (Å²) in [6.45, 7) is 8.06. The van der Waals surface area contributed by atoms with E-state index in [4.69, 9.17) is 0 Å². The maximum Gasteiger partial charge on any atom is 0.408 e. The van der Waals surface area contributed by atoms with Gasteiger partial charge in [0.2, 0.25) is 0 Å². The van der Waals surface area contributed by atoms with E-state index in [1.54, 1.807) is 22.7 Å². The molecule has 0 atom stereocenters. The van der Waals surface area contributed by atoms with Crippen LogP contribution in [0.15, 0.2) is 92.1 Å². The van der Waals surface area contributed by atoms with Crippen molar-refractivity contribution in [2.45, 2.75) is 46.2 Å². The lowest BCUT2D eigenvalue weighted by atomic mass is 10.2. The maximum absolute atomic E-state index is 4.40. The minimum Gasteiger partial charge on any atom is -0.375 e. The van der Waals surface area contributed by atoms with Crippen LogP contribution in [0.5, 0.6) is 0 Å². The predicted octanol–water partition coefficient (Wildman–Crippen LogP) is 8.00. The summed E-state index contributed by atoms with van der Waals surface area (Å²) in [7, 11) is 4.30. The number of aryl methyl sites for hydroxylation is 2. The highest BCUT2D eigenvalue weighted by Gasteiger charge is 2.11. The van der Waals surface area contributed by atoms with E-state index in [-0.39, 0.29) is 0 Å². The Bertz CT molecular complexity index is 1240. The minimum absolute atomic E-state index is 0.870. The smallest absolute Gasteiger partial charge is 0.375 e. The van der Waals surface area contributed by atoms with Crippen molar-refractivity contribution in [1.29, 1.82) is 0 Å². The zero-order chi connectivity index (χ0) is 27.5. The fraction of sp³-hybridized carbons (Fsp3) is 0.379. The lowest BCUT2D eigenvalue weighted by Crippen LogP contribution is -2.28. The molecule has 0 unspecified atom stereocenters. The molecule has 0 radical (unpaired) electrons. The van der Waals surface area contributed by atoms with E-state index < -0.39 is 0 Å². The highest BCUT2D eigenvalue weighted by Crippen LogP contribution is 2.24. The number of thiazole rings is 2. The molecule has 0 amide bonds.